The molecular formula is C16H17FN4OS. The lowest BCUT2D eigenvalue weighted by atomic mass is 10.2. The van der Waals surface area contributed by atoms with Crippen LogP contribution in [-0.2, 0) is 13.6 Å². The number of rotatable bonds is 5. The summed E-state index contributed by atoms with van der Waals surface area (Å²) in [6.45, 7) is 2.31. The predicted molar refractivity (Wildman–Crippen MR) is 89.3 cm³/mol. The summed E-state index contributed by atoms with van der Waals surface area (Å²) < 4.78 is 20.7. The molecule has 0 saturated carbocycles. The van der Waals surface area contributed by atoms with Gasteiger partial charge in [0.15, 0.2) is 5.13 Å². The van der Waals surface area contributed by atoms with Gasteiger partial charge >= 0.3 is 0 Å². The maximum Gasteiger partial charge on any atom is 0.183 e. The van der Waals surface area contributed by atoms with Crippen molar-refractivity contribution in [3.63, 3.8) is 0 Å². The highest BCUT2D eigenvalue weighted by Crippen LogP contribution is 2.31. The van der Waals surface area contributed by atoms with Crippen molar-refractivity contribution in [2.75, 3.05) is 12.4 Å². The average molecular weight is 332 g/mol. The molecule has 120 valence electrons. The second kappa shape index (κ2) is 6.37. The number of anilines is 1. The highest BCUT2D eigenvalue weighted by molar-refractivity contribution is 7.19. The summed E-state index contributed by atoms with van der Waals surface area (Å²) in [7, 11) is 3.40. The molecule has 1 aromatic carbocycles. The van der Waals surface area contributed by atoms with Gasteiger partial charge in [-0.2, -0.15) is 5.10 Å². The predicted octanol–water partition coefficient (Wildman–Crippen LogP) is 3.61. The van der Waals surface area contributed by atoms with Gasteiger partial charge in [0.25, 0.3) is 0 Å². The first kappa shape index (κ1) is 15.5. The van der Waals surface area contributed by atoms with E-state index < -0.39 is 0 Å². The van der Waals surface area contributed by atoms with E-state index in [1.54, 1.807) is 16.8 Å². The number of ether oxygens (including phenoxy) is 1. The molecule has 2 heterocycles. The highest BCUT2D eigenvalue weighted by Gasteiger charge is 2.12. The zero-order valence-corrected chi connectivity index (χ0v) is 13.9. The van der Waals surface area contributed by atoms with Crippen LogP contribution in [0.3, 0.4) is 0 Å². The molecule has 2 aromatic heterocycles. The number of halogens is 1. The summed E-state index contributed by atoms with van der Waals surface area (Å²) >= 11 is 1.51. The van der Waals surface area contributed by atoms with Gasteiger partial charge in [0, 0.05) is 31.4 Å². The molecule has 0 unspecified atom stereocenters. The monoisotopic (exact) mass is 332 g/mol. The van der Waals surface area contributed by atoms with Crippen molar-refractivity contribution < 1.29 is 9.13 Å². The Bertz CT molecular complexity index is 827. The standard InChI is InChI=1S/C16H17FN4OS/c1-10-15(14-6-7-21(2)20-14)23-16(19-10)18-9-11-4-5-12(22-3)8-13(11)17/h4-8H,9H2,1-3H3,(H,18,19). The molecule has 23 heavy (non-hydrogen) atoms. The fourth-order valence-corrected chi connectivity index (χ4v) is 3.14. The molecule has 0 aliphatic heterocycles. The van der Waals surface area contributed by atoms with Gasteiger partial charge in [-0.15, -0.1) is 0 Å². The van der Waals surface area contributed by atoms with Gasteiger partial charge in [-0.25, -0.2) is 9.37 Å². The molecule has 0 amide bonds. The molecule has 0 bridgehead atoms. The van der Waals surface area contributed by atoms with E-state index in [0.717, 1.165) is 21.4 Å². The molecule has 0 fully saturated rings. The molecule has 3 aromatic rings. The number of thiazole rings is 1. The van der Waals surface area contributed by atoms with Crippen molar-refractivity contribution in [2.45, 2.75) is 13.5 Å². The van der Waals surface area contributed by atoms with E-state index in [1.807, 2.05) is 26.2 Å². The average Bonchev–Trinajstić information content (AvgIpc) is 3.11. The van der Waals surface area contributed by atoms with Crippen LogP contribution >= 0.6 is 11.3 Å². The fourth-order valence-electron chi connectivity index (χ4n) is 2.22. The summed E-state index contributed by atoms with van der Waals surface area (Å²) in [6.07, 6.45) is 1.90. The number of aromatic nitrogens is 3. The number of nitrogens with one attached hydrogen (secondary N) is 1. The number of nitrogens with zero attached hydrogens (tertiary/aromatic N) is 3. The SMILES string of the molecule is COc1ccc(CNc2nc(C)c(-c3ccn(C)n3)s2)c(F)c1. The van der Waals surface area contributed by atoms with Gasteiger partial charge in [0.05, 0.1) is 17.7 Å². The van der Waals surface area contributed by atoms with E-state index in [-0.39, 0.29) is 5.82 Å². The van der Waals surface area contributed by atoms with Crippen LogP contribution in [0.5, 0.6) is 5.75 Å². The first-order valence-corrected chi connectivity index (χ1v) is 7.92. The van der Waals surface area contributed by atoms with E-state index in [4.69, 9.17) is 4.74 Å². The van der Waals surface area contributed by atoms with E-state index in [0.29, 0.717) is 17.9 Å². The van der Waals surface area contributed by atoms with Crippen LogP contribution < -0.4 is 10.1 Å². The van der Waals surface area contributed by atoms with Gasteiger partial charge in [-0.05, 0) is 19.1 Å². The minimum absolute atomic E-state index is 0.296. The molecular weight excluding hydrogens is 315 g/mol. The van der Waals surface area contributed by atoms with Crippen molar-refractivity contribution >= 4 is 16.5 Å². The number of aryl methyl sites for hydroxylation is 2. The first-order valence-electron chi connectivity index (χ1n) is 7.10. The molecule has 0 saturated heterocycles. The Morgan fingerprint density at radius 3 is 2.83 bits per heavy atom. The number of hydrogen-bond acceptors (Lipinski definition) is 5. The summed E-state index contributed by atoms with van der Waals surface area (Å²) in [5.41, 5.74) is 2.37. The van der Waals surface area contributed by atoms with Gasteiger partial charge in [0.1, 0.15) is 17.3 Å². The van der Waals surface area contributed by atoms with Crippen molar-refractivity contribution in [3.05, 3.63) is 47.5 Å². The largest absolute Gasteiger partial charge is 0.497 e. The Balaban J connectivity index is 1.74. The number of methoxy groups -OCH3 is 1. The van der Waals surface area contributed by atoms with Crippen LogP contribution in [0.4, 0.5) is 9.52 Å². The second-order valence-corrected chi connectivity index (χ2v) is 6.12. The molecule has 0 aliphatic carbocycles. The Morgan fingerprint density at radius 1 is 1.35 bits per heavy atom. The van der Waals surface area contributed by atoms with Crippen LogP contribution in [0.1, 0.15) is 11.3 Å². The third-order valence-electron chi connectivity index (χ3n) is 3.43. The fraction of sp³-hybridized carbons (Fsp3) is 0.250. The first-order chi connectivity index (χ1) is 11.1. The van der Waals surface area contributed by atoms with Gasteiger partial charge in [0.2, 0.25) is 0 Å². The summed E-state index contributed by atoms with van der Waals surface area (Å²) in [5, 5.41) is 8.31. The van der Waals surface area contributed by atoms with Crippen molar-refractivity contribution in [2.24, 2.45) is 7.05 Å². The third-order valence-corrected chi connectivity index (χ3v) is 4.57. The molecule has 1 N–H and O–H groups in total. The molecule has 0 spiro atoms. The third kappa shape index (κ3) is 3.34. The van der Waals surface area contributed by atoms with E-state index in [2.05, 4.69) is 15.4 Å². The number of hydrogen-bond donors (Lipinski definition) is 1. The minimum Gasteiger partial charge on any atom is -0.497 e. The van der Waals surface area contributed by atoms with Crippen molar-refractivity contribution in [1.82, 2.24) is 14.8 Å². The molecule has 5 nitrogen and oxygen atoms in total. The lowest BCUT2D eigenvalue weighted by Gasteiger charge is -2.06. The summed E-state index contributed by atoms with van der Waals surface area (Å²) in [4.78, 5) is 5.50. The van der Waals surface area contributed by atoms with E-state index in [1.165, 1.54) is 24.5 Å². The lowest BCUT2D eigenvalue weighted by molar-refractivity contribution is 0.411. The normalized spacial score (nSPS) is 10.8. The highest BCUT2D eigenvalue weighted by atomic mass is 32.1. The van der Waals surface area contributed by atoms with Crippen LogP contribution in [0.25, 0.3) is 10.6 Å². The maximum atomic E-state index is 13.9. The Morgan fingerprint density at radius 2 is 2.17 bits per heavy atom. The molecule has 7 heteroatoms. The smallest absolute Gasteiger partial charge is 0.183 e. The van der Waals surface area contributed by atoms with Crippen LogP contribution in [-0.4, -0.2) is 21.9 Å². The quantitative estimate of drug-likeness (QED) is 0.775. The van der Waals surface area contributed by atoms with Crippen molar-refractivity contribution in [1.29, 1.82) is 0 Å². The lowest BCUT2D eigenvalue weighted by Crippen LogP contribution is -2.01. The van der Waals surface area contributed by atoms with E-state index in [9.17, 15) is 4.39 Å². The number of benzene rings is 1. The summed E-state index contributed by atoms with van der Waals surface area (Å²) in [6, 6.07) is 6.78. The van der Waals surface area contributed by atoms with Gasteiger partial charge in [-0.3, -0.25) is 4.68 Å². The molecule has 0 aliphatic rings. The zero-order chi connectivity index (χ0) is 16.4. The zero-order valence-electron chi connectivity index (χ0n) is 13.1. The summed E-state index contributed by atoms with van der Waals surface area (Å²) in [5.74, 6) is 0.212. The van der Waals surface area contributed by atoms with Crippen LogP contribution in [0.15, 0.2) is 30.5 Å². The van der Waals surface area contributed by atoms with Crippen LogP contribution in [0, 0.1) is 12.7 Å². The second-order valence-electron chi connectivity index (χ2n) is 5.12. The minimum atomic E-state index is -0.296. The molecule has 0 atom stereocenters. The van der Waals surface area contributed by atoms with Crippen molar-refractivity contribution in [3.8, 4) is 16.3 Å². The van der Waals surface area contributed by atoms with Gasteiger partial charge < -0.3 is 10.1 Å². The molecule has 0 radical (unpaired) electrons. The van der Waals surface area contributed by atoms with Crippen LogP contribution in [0.2, 0.25) is 0 Å². The van der Waals surface area contributed by atoms with E-state index >= 15 is 0 Å². The Labute approximate surface area is 137 Å². The van der Waals surface area contributed by atoms with Gasteiger partial charge in [-0.1, -0.05) is 17.4 Å². The Kier molecular flexibility index (Phi) is 4.29. The maximum absolute atomic E-state index is 13.9. The molecule has 3 rings (SSSR count). The Hall–Kier alpha value is -2.41. The topological polar surface area (TPSA) is 52.0 Å².